The highest BCUT2D eigenvalue weighted by molar-refractivity contribution is 6.09. The summed E-state index contributed by atoms with van der Waals surface area (Å²) in [6.45, 7) is 2.15. The van der Waals surface area contributed by atoms with Crippen LogP contribution in [0.25, 0.3) is 32.6 Å². The van der Waals surface area contributed by atoms with Crippen LogP contribution in [0.5, 0.6) is 0 Å². The third-order valence-electron chi connectivity index (χ3n) is 3.74. The highest BCUT2D eigenvalue weighted by Crippen LogP contribution is 2.28. The van der Waals surface area contributed by atoms with Crippen LogP contribution in [-0.2, 0) is 0 Å². The summed E-state index contributed by atoms with van der Waals surface area (Å²) >= 11 is 0. The Labute approximate surface area is 111 Å². The Hall–Kier alpha value is -2.41. The normalized spacial score (nSPS) is 11.4. The fourth-order valence-electron chi connectivity index (χ4n) is 2.79. The second-order valence-corrected chi connectivity index (χ2v) is 4.99. The lowest BCUT2D eigenvalue weighted by atomic mass is 10.0. The highest BCUT2D eigenvalue weighted by atomic mass is 14.7. The van der Waals surface area contributed by atoms with Crippen molar-refractivity contribution in [1.82, 2.24) is 4.98 Å². The van der Waals surface area contributed by atoms with Gasteiger partial charge in [0.25, 0.3) is 0 Å². The van der Waals surface area contributed by atoms with E-state index < -0.39 is 0 Å². The molecular formula is C18H13N. The lowest BCUT2D eigenvalue weighted by Crippen LogP contribution is -1.86. The van der Waals surface area contributed by atoms with Crippen molar-refractivity contribution in [3.63, 3.8) is 0 Å². The smallest absolute Gasteiger partial charge is 0.0790 e. The van der Waals surface area contributed by atoms with E-state index in [0.29, 0.717) is 0 Å². The molecular weight excluding hydrogens is 230 g/mol. The van der Waals surface area contributed by atoms with Crippen LogP contribution in [0.4, 0.5) is 0 Å². The molecule has 0 fully saturated rings. The second-order valence-electron chi connectivity index (χ2n) is 4.99. The quantitative estimate of drug-likeness (QED) is 0.318. The second kappa shape index (κ2) is 3.79. The molecule has 1 nitrogen and oxygen atoms in total. The van der Waals surface area contributed by atoms with Crippen molar-refractivity contribution in [3.05, 3.63) is 66.2 Å². The van der Waals surface area contributed by atoms with Crippen LogP contribution in [0.3, 0.4) is 0 Å². The maximum Gasteiger partial charge on any atom is 0.0790 e. The average molecular weight is 243 g/mol. The lowest BCUT2D eigenvalue weighted by molar-refractivity contribution is 1.48. The summed E-state index contributed by atoms with van der Waals surface area (Å²) in [6.07, 6.45) is 0. The number of rotatable bonds is 0. The van der Waals surface area contributed by atoms with E-state index in [0.717, 1.165) is 11.0 Å². The molecule has 0 unspecified atom stereocenters. The number of hydrogen-bond donors (Lipinski definition) is 0. The van der Waals surface area contributed by atoms with Gasteiger partial charge in [-0.25, -0.2) is 4.98 Å². The molecule has 4 aromatic rings. The fraction of sp³-hybridized carbons (Fsp3) is 0.0556. The summed E-state index contributed by atoms with van der Waals surface area (Å²) in [5.74, 6) is 0. The Morgan fingerprint density at radius 2 is 1.53 bits per heavy atom. The molecule has 0 atom stereocenters. The molecule has 1 aromatic heterocycles. The third-order valence-corrected chi connectivity index (χ3v) is 3.74. The molecule has 1 heterocycles. The number of nitrogens with zero attached hydrogens (tertiary/aromatic N) is 1. The van der Waals surface area contributed by atoms with Gasteiger partial charge in [0.05, 0.1) is 11.0 Å². The first-order valence-electron chi connectivity index (χ1n) is 6.51. The van der Waals surface area contributed by atoms with Crippen molar-refractivity contribution < 1.29 is 0 Å². The number of pyridine rings is 1. The van der Waals surface area contributed by atoms with Crippen LogP contribution in [0.15, 0.2) is 60.7 Å². The van der Waals surface area contributed by atoms with Gasteiger partial charge in [0, 0.05) is 16.2 Å². The van der Waals surface area contributed by atoms with Gasteiger partial charge in [-0.05, 0) is 30.0 Å². The van der Waals surface area contributed by atoms with Gasteiger partial charge in [0.2, 0.25) is 0 Å². The third kappa shape index (κ3) is 1.52. The van der Waals surface area contributed by atoms with Crippen LogP contribution < -0.4 is 0 Å². The molecule has 1 heteroatoms. The molecule has 0 saturated carbocycles. The van der Waals surface area contributed by atoms with Crippen molar-refractivity contribution >= 4 is 32.6 Å². The number of aryl methyl sites for hydroxylation is 1. The van der Waals surface area contributed by atoms with E-state index in [1.54, 1.807) is 0 Å². The van der Waals surface area contributed by atoms with Crippen LogP contribution >= 0.6 is 0 Å². The molecule has 0 saturated heterocycles. The zero-order valence-corrected chi connectivity index (χ0v) is 10.7. The van der Waals surface area contributed by atoms with Gasteiger partial charge in [-0.1, -0.05) is 48.5 Å². The molecule has 90 valence electrons. The summed E-state index contributed by atoms with van der Waals surface area (Å²) in [5, 5.41) is 4.93. The van der Waals surface area contributed by atoms with Gasteiger partial charge in [0.15, 0.2) is 0 Å². The zero-order chi connectivity index (χ0) is 12.8. The van der Waals surface area contributed by atoms with Crippen molar-refractivity contribution in [3.8, 4) is 0 Å². The number of hydrogen-bond acceptors (Lipinski definition) is 1. The fourth-order valence-corrected chi connectivity index (χ4v) is 2.79. The Morgan fingerprint density at radius 1 is 0.737 bits per heavy atom. The van der Waals surface area contributed by atoms with Crippen LogP contribution in [-0.4, -0.2) is 4.98 Å². The van der Waals surface area contributed by atoms with Crippen molar-refractivity contribution in [1.29, 1.82) is 0 Å². The Balaban J connectivity index is 2.29. The molecule has 19 heavy (non-hydrogen) atoms. The Bertz CT molecular complexity index is 922. The minimum absolute atomic E-state index is 1.06. The first-order valence-corrected chi connectivity index (χ1v) is 6.51. The minimum atomic E-state index is 1.06. The topological polar surface area (TPSA) is 12.9 Å². The molecule has 0 spiro atoms. The Kier molecular flexibility index (Phi) is 2.10. The molecule has 3 aromatic carbocycles. The van der Waals surface area contributed by atoms with Gasteiger partial charge < -0.3 is 0 Å². The van der Waals surface area contributed by atoms with E-state index in [9.17, 15) is 0 Å². The minimum Gasteiger partial charge on any atom is -0.247 e. The van der Waals surface area contributed by atoms with Gasteiger partial charge in [-0.3, -0.25) is 0 Å². The summed E-state index contributed by atoms with van der Waals surface area (Å²) < 4.78 is 0. The number of para-hydroxylation sites is 1. The summed E-state index contributed by atoms with van der Waals surface area (Å²) in [7, 11) is 0. The van der Waals surface area contributed by atoms with E-state index >= 15 is 0 Å². The van der Waals surface area contributed by atoms with E-state index in [1.807, 2.05) is 6.07 Å². The first kappa shape index (κ1) is 10.5. The molecule has 0 bridgehead atoms. The molecule has 0 aliphatic rings. The number of fused-ring (bicyclic) bond motifs is 4. The summed E-state index contributed by atoms with van der Waals surface area (Å²) in [5.41, 5.74) is 3.45. The monoisotopic (exact) mass is 243 g/mol. The lowest BCUT2D eigenvalue weighted by Gasteiger charge is -2.07. The zero-order valence-electron chi connectivity index (χ0n) is 10.7. The average Bonchev–Trinajstić information content (AvgIpc) is 2.45. The first-order chi connectivity index (χ1) is 9.33. The molecule has 0 aliphatic carbocycles. The van der Waals surface area contributed by atoms with Crippen molar-refractivity contribution in [2.45, 2.75) is 6.92 Å². The largest absolute Gasteiger partial charge is 0.247 e. The van der Waals surface area contributed by atoms with Crippen LogP contribution in [0, 0.1) is 6.92 Å². The Morgan fingerprint density at radius 3 is 2.47 bits per heavy atom. The van der Waals surface area contributed by atoms with Crippen LogP contribution in [0.1, 0.15) is 5.56 Å². The van der Waals surface area contributed by atoms with Crippen molar-refractivity contribution in [2.75, 3.05) is 0 Å². The highest BCUT2D eigenvalue weighted by Gasteiger charge is 2.05. The van der Waals surface area contributed by atoms with E-state index in [-0.39, 0.29) is 0 Å². The number of aromatic nitrogens is 1. The molecule has 0 radical (unpaired) electrons. The molecule has 0 amide bonds. The van der Waals surface area contributed by atoms with Gasteiger partial charge in [0.1, 0.15) is 0 Å². The van der Waals surface area contributed by atoms with Crippen molar-refractivity contribution in [2.24, 2.45) is 0 Å². The molecule has 4 rings (SSSR count). The standard InChI is InChI=1S/C18H13N/c1-12-5-4-7-13-9-10-15-11-14-6-2-3-8-16(14)19-18(15)17(12)13/h2-11H,1H3. The van der Waals surface area contributed by atoms with Gasteiger partial charge >= 0.3 is 0 Å². The van der Waals surface area contributed by atoms with Gasteiger partial charge in [-0.2, -0.15) is 0 Å². The SMILES string of the molecule is Cc1cccc2ccc3cc4ccccc4nc3c12. The van der Waals surface area contributed by atoms with Crippen LogP contribution in [0.2, 0.25) is 0 Å². The maximum absolute atomic E-state index is 4.87. The predicted octanol–water partition coefficient (Wildman–Crippen LogP) is 4.85. The molecule has 0 aliphatic heterocycles. The summed E-state index contributed by atoms with van der Waals surface area (Å²) in [6, 6.07) is 21.3. The van der Waals surface area contributed by atoms with Gasteiger partial charge in [-0.15, -0.1) is 0 Å². The maximum atomic E-state index is 4.87. The predicted molar refractivity (Wildman–Crippen MR) is 81.5 cm³/mol. The summed E-state index contributed by atoms with van der Waals surface area (Å²) in [4.78, 5) is 4.87. The molecule has 0 N–H and O–H groups in total. The van der Waals surface area contributed by atoms with E-state index in [4.69, 9.17) is 4.98 Å². The number of benzene rings is 3. The van der Waals surface area contributed by atoms with E-state index in [1.165, 1.54) is 27.1 Å². The van der Waals surface area contributed by atoms with E-state index in [2.05, 4.69) is 61.5 Å².